The molecule has 1 aliphatic heterocycles. The lowest BCUT2D eigenvalue weighted by atomic mass is 10.0. The zero-order valence-electron chi connectivity index (χ0n) is 12.6. The van der Waals surface area contributed by atoms with Gasteiger partial charge < -0.3 is 4.90 Å². The van der Waals surface area contributed by atoms with Gasteiger partial charge in [0.2, 0.25) is 5.91 Å². The first-order valence-electron chi connectivity index (χ1n) is 7.07. The third-order valence-electron chi connectivity index (χ3n) is 3.80. The highest BCUT2D eigenvalue weighted by molar-refractivity contribution is 7.86. The minimum atomic E-state index is -3.74. The second kappa shape index (κ2) is 6.15. The molecule has 1 heterocycles. The third kappa shape index (κ3) is 3.83. The van der Waals surface area contributed by atoms with Gasteiger partial charge in [0.1, 0.15) is 0 Å². The predicted molar refractivity (Wildman–Crippen MR) is 79.3 cm³/mol. The maximum absolute atomic E-state index is 12.2. The van der Waals surface area contributed by atoms with Crippen molar-refractivity contribution >= 4 is 16.0 Å². The standard InChI is InChI=1S/C15H21NO4S/c1-11-4-6-15(7-5-11)21(18,19)20-14-8-9-16(13(3)17)12(2)10-14/h4-7,12,14H,8-10H2,1-3H3. The molecule has 116 valence electrons. The van der Waals surface area contributed by atoms with E-state index in [0.717, 1.165) is 5.56 Å². The maximum atomic E-state index is 12.2. The quantitative estimate of drug-likeness (QED) is 0.802. The molecule has 5 nitrogen and oxygen atoms in total. The number of benzene rings is 1. The molecule has 2 atom stereocenters. The van der Waals surface area contributed by atoms with E-state index < -0.39 is 10.1 Å². The Morgan fingerprint density at radius 2 is 1.90 bits per heavy atom. The summed E-state index contributed by atoms with van der Waals surface area (Å²) in [6.07, 6.45) is 0.696. The second-order valence-corrected chi connectivity index (χ2v) is 7.14. The maximum Gasteiger partial charge on any atom is 0.297 e. The first-order valence-corrected chi connectivity index (χ1v) is 8.47. The molecular formula is C15H21NO4S. The van der Waals surface area contributed by atoms with Crippen LogP contribution in [-0.4, -0.2) is 37.9 Å². The lowest BCUT2D eigenvalue weighted by Gasteiger charge is -2.36. The topological polar surface area (TPSA) is 63.7 Å². The molecule has 1 aromatic carbocycles. The van der Waals surface area contributed by atoms with Crippen molar-refractivity contribution in [2.24, 2.45) is 0 Å². The van der Waals surface area contributed by atoms with Crippen LogP contribution in [0.1, 0.15) is 32.3 Å². The molecule has 0 radical (unpaired) electrons. The van der Waals surface area contributed by atoms with Crippen LogP contribution < -0.4 is 0 Å². The van der Waals surface area contributed by atoms with Gasteiger partial charge in [-0.05, 0) is 38.8 Å². The number of hydrogen-bond acceptors (Lipinski definition) is 4. The number of likely N-dealkylation sites (tertiary alicyclic amines) is 1. The first kappa shape index (κ1) is 16.0. The van der Waals surface area contributed by atoms with Crippen molar-refractivity contribution in [2.45, 2.75) is 50.7 Å². The van der Waals surface area contributed by atoms with E-state index in [4.69, 9.17) is 4.18 Å². The summed E-state index contributed by atoms with van der Waals surface area (Å²) in [5, 5.41) is 0. The summed E-state index contributed by atoms with van der Waals surface area (Å²) in [6.45, 7) is 5.87. The molecule has 2 rings (SSSR count). The van der Waals surface area contributed by atoms with E-state index in [2.05, 4.69) is 0 Å². The lowest BCUT2D eigenvalue weighted by molar-refractivity contribution is -0.133. The van der Waals surface area contributed by atoms with Gasteiger partial charge in [-0.3, -0.25) is 8.98 Å². The van der Waals surface area contributed by atoms with Gasteiger partial charge in [-0.25, -0.2) is 0 Å². The van der Waals surface area contributed by atoms with Crippen molar-refractivity contribution in [1.82, 2.24) is 4.90 Å². The highest BCUT2D eigenvalue weighted by atomic mass is 32.2. The molecule has 21 heavy (non-hydrogen) atoms. The Balaban J connectivity index is 2.05. The minimum absolute atomic E-state index is 0.00512. The van der Waals surface area contributed by atoms with E-state index in [9.17, 15) is 13.2 Å². The van der Waals surface area contributed by atoms with Crippen LogP contribution in [0.3, 0.4) is 0 Å². The highest BCUT2D eigenvalue weighted by Crippen LogP contribution is 2.24. The Bertz CT molecular complexity index is 609. The monoisotopic (exact) mass is 311 g/mol. The van der Waals surface area contributed by atoms with Gasteiger partial charge in [0.05, 0.1) is 11.0 Å². The van der Waals surface area contributed by atoms with Gasteiger partial charge in [0, 0.05) is 19.5 Å². The summed E-state index contributed by atoms with van der Waals surface area (Å²) in [7, 11) is -3.74. The average molecular weight is 311 g/mol. The number of piperidine rings is 1. The zero-order valence-corrected chi connectivity index (χ0v) is 13.4. The molecule has 0 saturated carbocycles. The number of aryl methyl sites for hydroxylation is 1. The van der Waals surface area contributed by atoms with Crippen molar-refractivity contribution < 1.29 is 17.4 Å². The van der Waals surface area contributed by atoms with Gasteiger partial charge in [0.15, 0.2) is 0 Å². The largest absolute Gasteiger partial charge is 0.340 e. The molecular weight excluding hydrogens is 290 g/mol. The normalized spacial score (nSPS) is 23.1. The molecule has 0 aromatic heterocycles. The predicted octanol–water partition coefficient (Wildman–Crippen LogP) is 2.10. The second-order valence-electron chi connectivity index (χ2n) is 5.57. The smallest absolute Gasteiger partial charge is 0.297 e. The van der Waals surface area contributed by atoms with Gasteiger partial charge in [-0.2, -0.15) is 8.42 Å². The molecule has 2 unspecified atom stereocenters. The number of rotatable bonds is 3. The molecule has 1 fully saturated rings. The Labute approximate surface area is 126 Å². The third-order valence-corrected chi connectivity index (χ3v) is 5.18. The Kier molecular flexibility index (Phi) is 4.68. The molecule has 0 N–H and O–H groups in total. The van der Waals surface area contributed by atoms with E-state index in [1.165, 1.54) is 6.92 Å². The number of amides is 1. The summed E-state index contributed by atoms with van der Waals surface area (Å²) in [4.78, 5) is 13.3. The van der Waals surface area contributed by atoms with Crippen LogP contribution in [0.4, 0.5) is 0 Å². The summed E-state index contributed by atoms with van der Waals surface area (Å²) in [5.74, 6) is 0.0161. The minimum Gasteiger partial charge on any atom is -0.340 e. The fourth-order valence-electron chi connectivity index (χ4n) is 2.62. The van der Waals surface area contributed by atoms with Crippen LogP contribution >= 0.6 is 0 Å². The molecule has 1 aliphatic rings. The van der Waals surface area contributed by atoms with Crippen LogP contribution in [0.25, 0.3) is 0 Å². The van der Waals surface area contributed by atoms with Crippen molar-refractivity contribution in [3.63, 3.8) is 0 Å². The van der Waals surface area contributed by atoms with Crippen LogP contribution in [0.5, 0.6) is 0 Å². The van der Waals surface area contributed by atoms with Crippen LogP contribution in [0.15, 0.2) is 29.2 Å². The first-order chi connectivity index (χ1) is 9.79. The van der Waals surface area contributed by atoms with Crippen molar-refractivity contribution in [3.05, 3.63) is 29.8 Å². The van der Waals surface area contributed by atoms with Crippen LogP contribution in [0, 0.1) is 6.92 Å². The van der Waals surface area contributed by atoms with Gasteiger partial charge in [0.25, 0.3) is 10.1 Å². The molecule has 0 spiro atoms. The van der Waals surface area contributed by atoms with Gasteiger partial charge >= 0.3 is 0 Å². The summed E-state index contributed by atoms with van der Waals surface area (Å²) in [6, 6.07) is 6.60. The Morgan fingerprint density at radius 1 is 1.29 bits per heavy atom. The van der Waals surface area contributed by atoms with E-state index >= 15 is 0 Å². The summed E-state index contributed by atoms with van der Waals surface area (Å²) < 4.78 is 29.8. The molecule has 1 saturated heterocycles. The fraction of sp³-hybridized carbons (Fsp3) is 0.533. The molecule has 0 aliphatic carbocycles. The zero-order chi connectivity index (χ0) is 15.6. The van der Waals surface area contributed by atoms with Crippen molar-refractivity contribution in [2.75, 3.05) is 6.54 Å². The highest BCUT2D eigenvalue weighted by Gasteiger charge is 2.31. The molecule has 6 heteroatoms. The average Bonchev–Trinajstić information content (AvgIpc) is 2.38. The van der Waals surface area contributed by atoms with E-state index in [1.54, 1.807) is 29.2 Å². The van der Waals surface area contributed by atoms with Gasteiger partial charge in [-0.15, -0.1) is 0 Å². The number of hydrogen-bond donors (Lipinski definition) is 0. The van der Waals surface area contributed by atoms with Crippen molar-refractivity contribution in [1.29, 1.82) is 0 Å². The van der Waals surface area contributed by atoms with E-state index in [0.29, 0.717) is 19.4 Å². The van der Waals surface area contributed by atoms with E-state index in [1.807, 2.05) is 13.8 Å². The molecule has 1 aromatic rings. The SMILES string of the molecule is CC(=O)N1CCC(OS(=O)(=O)c2ccc(C)cc2)CC1C. The molecule has 0 bridgehead atoms. The number of carbonyl (C=O) groups is 1. The Hall–Kier alpha value is -1.40. The van der Waals surface area contributed by atoms with Gasteiger partial charge in [-0.1, -0.05) is 17.7 Å². The number of nitrogens with zero attached hydrogens (tertiary/aromatic N) is 1. The fourth-order valence-corrected chi connectivity index (χ4v) is 3.74. The molecule has 1 amide bonds. The summed E-state index contributed by atoms with van der Waals surface area (Å²) in [5.41, 5.74) is 0.998. The number of carbonyl (C=O) groups excluding carboxylic acids is 1. The summed E-state index contributed by atoms with van der Waals surface area (Å²) >= 11 is 0. The Morgan fingerprint density at radius 3 is 2.43 bits per heavy atom. The van der Waals surface area contributed by atoms with Crippen molar-refractivity contribution in [3.8, 4) is 0 Å². The van der Waals surface area contributed by atoms with Crippen LogP contribution in [-0.2, 0) is 19.1 Å². The van der Waals surface area contributed by atoms with Crippen LogP contribution in [0.2, 0.25) is 0 Å². The van der Waals surface area contributed by atoms with E-state index in [-0.39, 0.29) is 22.9 Å². The lowest BCUT2D eigenvalue weighted by Crippen LogP contribution is -2.46.